The maximum absolute atomic E-state index is 12.2. The minimum Gasteiger partial charge on any atom is -0.384 e. The van der Waals surface area contributed by atoms with E-state index in [0.717, 1.165) is 42.3 Å². The highest BCUT2D eigenvalue weighted by Crippen LogP contribution is 2.28. The summed E-state index contributed by atoms with van der Waals surface area (Å²) in [4.78, 5) is 26.2. The third-order valence-electron chi connectivity index (χ3n) is 6.87. The van der Waals surface area contributed by atoms with Crippen molar-refractivity contribution < 1.29 is 9.59 Å². The number of hydrogen-bond acceptors (Lipinski definition) is 5. The van der Waals surface area contributed by atoms with Gasteiger partial charge in [0.25, 0.3) is 0 Å². The second-order valence-corrected chi connectivity index (χ2v) is 9.35. The summed E-state index contributed by atoms with van der Waals surface area (Å²) in [7, 11) is 0. The van der Waals surface area contributed by atoms with E-state index in [9.17, 15) is 9.59 Å². The van der Waals surface area contributed by atoms with Crippen LogP contribution in [-0.2, 0) is 9.59 Å². The maximum Gasteiger partial charge on any atom is 0.249 e. The second kappa shape index (κ2) is 11.0. The number of imide groups is 1. The van der Waals surface area contributed by atoms with Crippen LogP contribution in [0.3, 0.4) is 0 Å². The molecule has 174 valence electrons. The predicted molar refractivity (Wildman–Crippen MR) is 129 cm³/mol. The Labute approximate surface area is 190 Å². The van der Waals surface area contributed by atoms with E-state index >= 15 is 0 Å². The van der Waals surface area contributed by atoms with Gasteiger partial charge in [-0.25, -0.2) is 0 Å². The number of nitrogens with one attached hydrogen (secondary N) is 2. The number of nitrogens with two attached hydrogens (primary N) is 1. The summed E-state index contributed by atoms with van der Waals surface area (Å²) < 4.78 is 1.95. The molecule has 3 heterocycles. The number of hydrogen-bond donors (Lipinski definition) is 3. The average Bonchev–Trinajstić information content (AvgIpc) is 3.21. The van der Waals surface area contributed by atoms with Crippen LogP contribution in [-0.4, -0.2) is 53.5 Å². The molecule has 0 aliphatic carbocycles. The molecule has 0 saturated carbocycles. The summed E-state index contributed by atoms with van der Waals surface area (Å²) in [6, 6.07) is 6.32. The van der Waals surface area contributed by atoms with Gasteiger partial charge in [0.2, 0.25) is 11.8 Å². The van der Waals surface area contributed by atoms with Gasteiger partial charge in [0, 0.05) is 47.9 Å². The summed E-state index contributed by atoms with van der Waals surface area (Å²) in [5.74, 6) is -0.388. The van der Waals surface area contributed by atoms with Crippen molar-refractivity contribution in [1.29, 1.82) is 0 Å². The van der Waals surface area contributed by atoms with Gasteiger partial charge >= 0.3 is 0 Å². The molecule has 0 bridgehead atoms. The van der Waals surface area contributed by atoms with Gasteiger partial charge in [0.1, 0.15) is 6.04 Å². The molecule has 2 fully saturated rings. The monoisotopic (exact) mass is 439 g/mol. The van der Waals surface area contributed by atoms with Gasteiger partial charge in [-0.1, -0.05) is 31.4 Å². The van der Waals surface area contributed by atoms with Gasteiger partial charge in [0.15, 0.2) is 0 Å². The molecule has 0 radical (unpaired) electrons. The Hall–Kier alpha value is -2.38. The number of amides is 2. The zero-order valence-corrected chi connectivity index (χ0v) is 19.0. The number of aromatic nitrogens is 1. The van der Waals surface area contributed by atoms with Gasteiger partial charge in [-0.3, -0.25) is 14.9 Å². The summed E-state index contributed by atoms with van der Waals surface area (Å²) in [5, 5.41) is 8.26. The number of likely N-dealkylation sites (tertiary alicyclic amines) is 1. The smallest absolute Gasteiger partial charge is 0.249 e. The molecule has 1 aromatic heterocycles. The molecule has 1 unspecified atom stereocenters. The Morgan fingerprint density at radius 1 is 1.00 bits per heavy atom. The van der Waals surface area contributed by atoms with Crippen molar-refractivity contribution >= 4 is 28.3 Å². The molecule has 2 saturated heterocycles. The van der Waals surface area contributed by atoms with Crippen molar-refractivity contribution in [2.45, 2.75) is 69.9 Å². The molecule has 2 aliphatic rings. The van der Waals surface area contributed by atoms with Crippen molar-refractivity contribution in [2.24, 2.45) is 5.73 Å². The lowest BCUT2D eigenvalue weighted by atomic mass is 10.1. The molecule has 2 aliphatic heterocycles. The Morgan fingerprint density at radius 2 is 1.78 bits per heavy atom. The van der Waals surface area contributed by atoms with Crippen LogP contribution in [0.25, 0.3) is 10.8 Å². The lowest BCUT2D eigenvalue weighted by molar-refractivity contribution is -0.135. The third kappa shape index (κ3) is 5.90. The molecule has 4 rings (SSSR count). The van der Waals surface area contributed by atoms with Crippen LogP contribution in [0.4, 0.5) is 5.69 Å². The van der Waals surface area contributed by atoms with Gasteiger partial charge in [-0.2, -0.15) is 0 Å². The highest BCUT2D eigenvalue weighted by Gasteiger charge is 2.28. The molecule has 7 nitrogen and oxygen atoms in total. The van der Waals surface area contributed by atoms with E-state index in [4.69, 9.17) is 5.73 Å². The number of unbranched alkanes of at least 4 members (excludes halogenated alkanes) is 4. The fourth-order valence-corrected chi connectivity index (χ4v) is 4.88. The topological polar surface area (TPSA) is 92.4 Å². The van der Waals surface area contributed by atoms with Crippen molar-refractivity contribution in [1.82, 2.24) is 14.8 Å². The first-order valence-corrected chi connectivity index (χ1v) is 12.3. The van der Waals surface area contributed by atoms with E-state index in [1.807, 2.05) is 23.0 Å². The number of carbonyl (C=O) groups excluding carboxylic acids is 2. The van der Waals surface area contributed by atoms with Gasteiger partial charge in [0.05, 0.1) is 0 Å². The van der Waals surface area contributed by atoms with Crippen molar-refractivity contribution in [2.75, 3.05) is 31.5 Å². The van der Waals surface area contributed by atoms with Crippen LogP contribution in [0.2, 0.25) is 0 Å². The molecular weight excluding hydrogens is 402 g/mol. The van der Waals surface area contributed by atoms with E-state index in [0.29, 0.717) is 18.9 Å². The number of piperidine rings is 2. The Balaban J connectivity index is 1.18. The second-order valence-electron chi connectivity index (χ2n) is 9.35. The van der Waals surface area contributed by atoms with Gasteiger partial charge in [-0.05, 0) is 57.8 Å². The highest BCUT2D eigenvalue weighted by molar-refractivity contribution is 6.00. The van der Waals surface area contributed by atoms with Crippen LogP contribution in [0.15, 0.2) is 30.6 Å². The van der Waals surface area contributed by atoms with E-state index in [1.165, 1.54) is 45.3 Å². The average molecular weight is 440 g/mol. The first kappa shape index (κ1) is 22.8. The van der Waals surface area contributed by atoms with E-state index < -0.39 is 0 Å². The first-order chi connectivity index (χ1) is 15.6. The zero-order valence-electron chi connectivity index (χ0n) is 19.0. The lowest BCUT2D eigenvalue weighted by Gasteiger charge is -2.29. The van der Waals surface area contributed by atoms with Crippen molar-refractivity contribution in [3.05, 3.63) is 30.6 Å². The number of anilines is 1. The number of carbonyl (C=O) groups is 2. The standard InChI is InChI=1S/C25H37N5O2/c26-20-11-15-29(16-12-20)14-5-3-1-2-4-13-27-22-8-6-7-19-17-30(18-21(19)22)23-9-10-24(31)28-25(23)32/h6-8,17-18,20,23,27H,1-5,9-16,26H2,(H,28,31,32). The lowest BCUT2D eigenvalue weighted by Crippen LogP contribution is -2.41. The normalized spacial score (nSPS) is 20.6. The fraction of sp³-hybridized carbons (Fsp3) is 0.600. The highest BCUT2D eigenvalue weighted by atomic mass is 16.2. The molecule has 1 aromatic carbocycles. The zero-order chi connectivity index (χ0) is 22.3. The molecule has 4 N–H and O–H groups in total. The number of rotatable bonds is 10. The molecule has 7 heteroatoms. The number of benzene rings is 1. The van der Waals surface area contributed by atoms with Crippen molar-refractivity contribution in [3.8, 4) is 0 Å². The predicted octanol–water partition coefficient (Wildman–Crippen LogP) is 3.40. The minimum absolute atomic E-state index is 0.179. The number of nitrogens with zero attached hydrogens (tertiary/aromatic N) is 2. The summed E-state index contributed by atoms with van der Waals surface area (Å²) in [5.41, 5.74) is 7.09. The maximum atomic E-state index is 12.2. The number of fused-ring (bicyclic) bond motifs is 1. The largest absolute Gasteiger partial charge is 0.384 e. The van der Waals surface area contributed by atoms with Crippen LogP contribution in [0.5, 0.6) is 0 Å². The molecule has 1 atom stereocenters. The van der Waals surface area contributed by atoms with E-state index in [2.05, 4.69) is 27.7 Å². The molecule has 2 amide bonds. The van der Waals surface area contributed by atoms with Crippen LogP contribution in [0, 0.1) is 0 Å². The molecule has 2 aromatic rings. The quantitative estimate of drug-likeness (QED) is 0.390. The van der Waals surface area contributed by atoms with Gasteiger partial charge < -0.3 is 20.5 Å². The summed E-state index contributed by atoms with van der Waals surface area (Å²) in [6.45, 7) is 4.51. The van der Waals surface area contributed by atoms with Crippen molar-refractivity contribution in [3.63, 3.8) is 0 Å². The van der Waals surface area contributed by atoms with E-state index in [1.54, 1.807) is 0 Å². The Kier molecular flexibility index (Phi) is 7.81. The van der Waals surface area contributed by atoms with E-state index in [-0.39, 0.29) is 17.9 Å². The molecule has 0 spiro atoms. The minimum atomic E-state index is -0.311. The van der Waals surface area contributed by atoms with Gasteiger partial charge in [-0.15, -0.1) is 0 Å². The van der Waals surface area contributed by atoms with Crippen LogP contribution < -0.4 is 16.4 Å². The van der Waals surface area contributed by atoms with Crippen LogP contribution >= 0.6 is 0 Å². The molecule has 32 heavy (non-hydrogen) atoms. The molecular formula is C25H37N5O2. The van der Waals surface area contributed by atoms with Crippen LogP contribution in [0.1, 0.15) is 63.8 Å². The Bertz CT molecular complexity index is 916. The Morgan fingerprint density at radius 3 is 2.59 bits per heavy atom. The first-order valence-electron chi connectivity index (χ1n) is 12.3. The summed E-state index contributed by atoms with van der Waals surface area (Å²) >= 11 is 0. The SMILES string of the molecule is NC1CCN(CCCCCCCNc2cccc3cn(C4CCC(=O)NC4=O)cc23)CC1. The fourth-order valence-electron chi connectivity index (χ4n) is 4.88. The third-order valence-corrected chi connectivity index (χ3v) is 6.87. The summed E-state index contributed by atoms with van der Waals surface area (Å²) in [6.07, 6.45) is 13.6.